The topological polar surface area (TPSA) is 82.5 Å². The largest absolute Gasteiger partial charge is 0.420 e. The number of hydrogen-bond donors (Lipinski definition) is 0. The maximum atomic E-state index is 5.61. The molecule has 0 N–H and O–H groups in total. The normalized spacial score (nSPS) is 11.5. The molecular weight excluding hydrogens is 677 g/mol. The van der Waals surface area contributed by atoms with Gasteiger partial charge in [0.05, 0.1) is 5.52 Å². The van der Waals surface area contributed by atoms with Crippen LogP contribution in [0.5, 0.6) is 0 Å². The van der Waals surface area contributed by atoms with E-state index in [1.54, 1.807) is 0 Å². The van der Waals surface area contributed by atoms with Crippen LogP contribution in [0.4, 0.5) is 0 Å². The second-order valence-corrected chi connectivity index (χ2v) is 17.0. The molecule has 282 valence electrons. The molecule has 0 atom stereocenters. The highest BCUT2D eigenvalue weighted by atomic mass is 16.4. The van der Waals surface area contributed by atoms with E-state index in [-0.39, 0.29) is 10.8 Å². The van der Waals surface area contributed by atoms with Crippen molar-refractivity contribution in [3.63, 3.8) is 0 Å². The van der Waals surface area contributed by atoms with Gasteiger partial charge in [-0.3, -0.25) is 9.55 Å². The molecule has 0 aliphatic rings. The van der Waals surface area contributed by atoms with Crippen molar-refractivity contribution >= 4 is 21.7 Å². The van der Waals surface area contributed by atoms with Crippen LogP contribution in [0.1, 0.15) is 81.0 Å². The molecule has 0 radical (unpaired) electrons. The fourth-order valence-corrected chi connectivity index (χ4v) is 5.40. The number of fused-ring (bicyclic) bond motifs is 3. The quantitative estimate of drug-likeness (QED) is 0.168. The molecule has 8 rings (SSSR count). The lowest BCUT2D eigenvalue weighted by atomic mass is 9.95. The molecule has 0 aliphatic carbocycles. The second-order valence-electron chi connectivity index (χ2n) is 17.0. The highest BCUT2D eigenvalue weighted by Crippen LogP contribution is 2.29. The lowest BCUT2D eigenvalue weighted by molar-refractivity contribution is 0.399. The molecule has 5 aromatic carbocycles. The zero-order valence-corrected chi connectivity index (χ0v) is 33.9. The molecule has 0 saturated heterocycles. The predicted octanol–water partition coefficient (Wildman–Crippen LogP) is 12.7. The molecule has 0 amide bonds. The summed E-state index contributed by atoms with van der Waals surface area (Å²) in [5.74, 6) is 3.10. The number of pyridine rings is 1. The summed E-state index contributed by atoms with van der Waals surface area (Å²) in [5, 5.41) is 20.7. The molecular formula is C48H54N6O. The first-order chi connectivity index (χ1) is 26.1. The highest BCUT2D eigenvalue weighted by molar-refractivity contribution is 6.04. The van der Waals surface area contributed by atoms with Crippen LogP contribution < -0.4 is 0 Å². The molecule has 0 bridgehead atoms. The zero-order valence-electron chi connectivity index (χ0n) is 33.9. The Bertz CT molecular complexity index is 2320. The number of aromatic nitrogens is 6. The van der Waals surface area contributed by atoms with Crippen molar-refractivity contribution in [3.05, 3.63) is 157 Å². The van der Waals surface area contributed by atoms with Gasteiger partial charge in [0, 0.05) is 44.6 Å². The van der Waals surface area contributed by atoms with Gasteiger partial charge in [-0.25, -0.2) is 0 Å². The number of benzene rings is 5. The van der Waals surface area contributed by atoms with Crippen LogP contribution in [0.2, 0.25) is 0 Å². The third-order valence-electron chi connectivity index (χ3n) is 7.96. The van der Waals surface area contributed by atoms with Crippen LogP contribution in [0.15, 0.2) is 150 Å². The molecule has 0 aliphatic heterocycles. The minimum absolute atomic E-state index is 0.0735. The molecule has 3 heterocycles. The predicted molar refractivity (Wildman–Crippen MR) is 228 cm³/mol. The van der Waals surface area contributed by atoms with Crippen molar-refractivity contribution in [2.24, 2.45) is 5.41 Å². The van der Waals surface area contributed by atoms with Crippen molar-refractivity contribution in [3.8, 4) is 28.5 Å². The van der Waals surface area contributed by atoms with E-state index < -0.39 is 0 Å². The van der Waals surface area contributed by atoms with Gasteiger partial charge in [-0.2, -0.15) is 0 Å². The number of rotatable bonds is 3. The van der Waals surface area contributed by atoms with Crippen LogP contribution in [-0.4, -0.2) is 29.9 Å². The zero-order chi connectivity index (χ0) is 39.6. The van der Waals surface area contributed by atoms with Gasteiger partial charge >= 0.3 is 0 Å². The van der Waals surface area contributed by atoms with Crippen molar-refractivity contribution < 1.29 is 4.42 Å². The first kappa shape index (κ1) is 40.2. The van der Waals surface area contributed by atoms with Gasteiger partial charge in [0.15, 0.2) is 5.82 Å². The summed E-state index contributed by atoms with van der Waals surface area (Å²) < 4.78 is 7.76. The van der Waals surface area contributed by atoms with Crippen LogP contribution in [-0.2, 0) is 10.8 Å². The molecule has 0 fully saturated rings. The fourth-order valence-electron chi connectivity index (χ4n) is 5.40. The minimum Gasteiger partial charge on any atom is -0.420 e. The Labute approximate surface area is 326 Å². The van der Waals surface area contributed by atoms with Gasteiger partial charge in [-0.1, -0.05) is 178 Å². The molecule has 7 heteroatoms. The smallest absolute Gasteiger partial charge is 0.247 e. The Morgan fingerprint density at radius 1 is 0.473 bits per heavy atom. The highest BCUT2D eigenvalue weighted by Gasteiger charge is 2.25. The van der Waals surface area contributed by atoms with Crippen LogP contribution in [0.25, 0.3) is 50.2 Å². The van der Waals surface area contributed by atoms with E-state index in [2.05, 4.69) is 166 Å². The van der Waals surface area contributed by atoms with E-state index in [0.717, 1.165) is 34.0 Å². The van der Waals surface area contributed by atoms with E-state index in [4.69, 9.17) is 4.42 Å². The van der Waals surface area contributed by atoms with E-state index in [0.29, 0.717) is 17.2 Å². The summed E-state index contributed by atoms with van der Waals surface area (Å²) in [7, 11) is 0. The molecule has 0 unspecified atom stereocenters. The molecule has 0 spiro atoms. The minimum atomic E-state index is -0.0972. The average Bonchev–Trinajstić information content (AvgIpc) is 3.86. The summed E-state index contributed by atoms with van der Waals surface area (Å²) >= 11 is 0. The molecule has 3 aromatic heterocycles. The number of nitrogens with zero attached hydrogens (tertiary/aromatic N) is 6. The monoisotopic (exact) mass is 730 g/mol. The van der Waals surface area contributed by atoms with Gasteiger partial charge in [0.1, 0.15) is 5.82 Å². The summed E-state index contributed by atoms with van der Waals surface area (Å²) in [4.78, 5) is 4.41. The Morgan fingerprint density at radius 2 is 1.00 bits per heavy atom. The second kappa shape index (κ2) is 17.5. The van der Waals surface area contributed by atoms with Crippen LogP contribution in [0, 0.1) is 5.41 Å². The molecule has 7 nitrogen and oxygen atoms in total. The van der Waals surface area contributed by atoms with E-state index in [9.17, 15) is 0 Å². The third kappa shape index (κ3) is 11.3. The van der Waals surface area contributed by atoms with E-state index >= 15 is 0 Å². The Balaban J connectivity index is 0.000000152. The summed E-state index contributed by atoms with van der Waals surface area (Å²) in [6.07, 6.45) is 1.84. The Kier molecular flexibility index (Phi) is 12.8. The van der Waals surface area contributed by atoms with Gasteiger partial charge in [0.2, 0.25) is 11.8 Å². The van der Waals surface area contributed by atoms with E-state index in [1.165, 1.54) is 16.2 Å². The maximum absolute atomic E-state index is 5.61. The SMILES string of the molecule is CC(C)(C)C.CC(C)(C)c1nnc(-c2ccccc2)n1-c1ccccc1.CC(C)(C)c1nnc(-c2ccccc2)o1.c1ccc2c(c1)ccc1cccnc12. The summed E-state index contributed by atoms with van der Waals surface area (Å²) in [6, 6.07) is 46.9. The summed E-state index contributed by atoms with van der Waals surface area (Å²) in [5.41, 5.74) is 4.54. The average molecular weight is 731 g/mol. The third-order valence-corrected chi connectivity index (χ3v) is 7.96. The van der Waals surface area contributed by atoms with Crippen molar-refractivity contribution in [2.75, 3.05) is 0 Å². The van der Waals surface area contributed by atoms with Crippen LogP contribution in [0.3, 0.4) is 0 Å². The standard InChI is InChI=1S/C18H19N3.C13H9N.C12H14N2O.C5H12/c1-18(2,3)17-20-19-16(14-10-6-4-7-11-14)21(17)15-12-8-5-9-13-15;1-2-6-12-10(4-1)7-8-11-5-3-9-14-13(11)12;1-12(2,3)11-14-13-10(15-11)9-7-5-4-6-8-9;1-5(2,3)4/h4-13H,1-3H3;1-9H;4-8H,1-3H3;1-4H3. The lowest BCUT2D eigenvalue weighted by Gasteiger charge is -2.20. The summed E-state index contributed by atoms with van der Waals surface area (Å²) in [6.45, 7) is 21.4. The van der Waals surface area contributed by atoms with Gasteiger partial charge in [-0.05, 0) is 41.1 Å². The van der Waals surface area contributed by atoms with E-state index in [1.807, 2.05) is 79.0 Å². The Morgan fingerprint density at radius 3 is 1.58 bits per heavy atom. The number of hydrogen-bond acceptors (Lipinski definition) is 6. The van der Waals surface area contributed by atoms with Gasteiger partial charge < -0.3 is 4.42 Å². The van der Waals surface area contributed by atoms with Crippen molar-refractivity contribution in [1.82, 2.24) is 29.9 Å². The number of para-hydroxylation sites is 1. The van der Waals surface area contributed by atoms with Crippen molar-refractivity contribution in [1.29, 1.82) is 0 Å². The van der Waals surface area contributed by atoms with Gasteiger partial charge in [0.25, 0.3) is 0 Å². The first-order valence-electron chi connectivity index (χ1n) is 18.8. The van der Waals surface area contributed by atoms with Crippen molar-refractivity contribution in [2.45, 2.75) is 80.1 Å². The molecule has 55 heavy (non-hydrogen) atoms. The fraction of sp³-hybridized carbons (Fsp3) is 0.271. The van der Waals surface area contributed by atoms with Gasteiger partial charge in [-0.15, -0.1) is 20.4 Å². The maximum Gasteiger partial charge on any atom is 0.247 e. The lowest BCUT2D eigenvalue weighted by Crippen LogP contribution is -2.18. The molecule has 0 saturated carbocycles. The Hall–Kier alpha value is -5.95. The first-order valence-corrected chi connectivity index (χ1v) is 18.8. The molecule has 8 aromatic rings. The van der Waals surface area contributed by atoms with Crippen LogP contribution >= 0.6 is 0 Å².